The standard InChI is InChI=1S/C39H52N6O9S/c1-27-23-32(53-22-10-16-34(46)40-20-21-42-39(49)54-26-29-11-5-4-6-12-29)24-28(2)36(27)55(50,51)43-25-33(38(48)52-3)45-35(47)15-8-7-14-31-18-17-30-13-9-19-41-37(30)44-31/h4-6,11-12,17-18,23-24,33,43H,7-10,13-16,19-22,25-26H2,1-3H3,(H,40,46)(H,41,44)(H,42,49)(H,45,47). The molecule has 1 aliphatic heterocycles. The van der Waals surface area contributed by atoms with E-state index in [0.29, 0.717) is 36.1 Å². The number of carbonyl (C=O) groups excluding carboxylic acids is 4. The molecule has 55 heavy (non-hydrogen) atoms. The molecule has 3 amide bonds. The number of hydrogen-bond donors (Lipinski definition) is 5. The summed E-state index contributed by atoms with van der Waals surface area (Å²) in [6, 6.07) is 15.3. The SMILES string of the molecule is COC(=O)C(CNS(=O)(=O)c1c(C)cc(OCCCC(=O)NCCNC(=O)OCc2ccccc2)cc1C)NC(=O)CCCCc1ccc2c(n1)NCCC2. The fraction of sp³-hybridized carbons (Fsp3) is 0.462. The number of unbranched alkanes of at least 4 members (excludes halogenated alkanes) is 1. The Balaban J connectivity index is 1.15. The van der Waals surface area contributed by atoms with Crippen molar-refractivity contribution in [2.75, 3.05) is 45.2 Å². The van der Waals surface area contributed by atoms with Crippen LogP contribution in [0.25, 0.3) is 0 Å². The minimum Gasteiger partial charge on any atom is -0.494 e. The van der Waals surface area contributed by atoms with Crippen molar-refractivity contribution in [3.63, 3.8) is 0 Å². The van der Waals surface area contributed by atoms with Gasteiger partial charge in [-0.3, -0.25) is 9.59 Å². The number of nitrogens with one attached hydrogen (secondary N) is 5. The molecule has 2 aromatic carbocycles. The number of alkyl carbamates (subject to hydrolysis) is 1. The molecule has 2 heterocycles. The van der Waals surface area contributed by atoms with Crippen molar-refractivity contribution in [3.05, 3.63) is 82.5 Å². The first kappa shape index (κ1) is 42.5. The lowest BCUT2D eigenvalue weighted by Crippen LogP contribution is -2.49. The molecule has 0 radical (unpaired) electrons. The van der Waals surface area contributed by atoms with Gasteiger partial charge in [0.25, 0.3) is 0 Å². The zero-order valence-corrected chi connectivity index (χ0v) is 32.5. The minimum absolute atomic E-state index is 0.0257. The molecule has 1 aromatic heterocycles. The number of benzene rings is 2. The fourth-order valence-electron chi connectivity index (χ4n) is 6.04. The summed E-state index contributed by atoms with van der Waals surface area (Å²) in [6.07, 6.45) is 4.26. The zero-order valence-electron chi connectivity index (χ0n) is 31.7. The van der Waals surface area contributed by atoms with Gasteiger partial charge in [-0.1, -0.05) is 36.4 Å². The maximum Gasteiger partial charge on any atom is 0.407 e. The molecule has 0 fully saturated rings. The number of fused-ring (bicyclic) bond motifs is 1. The Morgan fingerprint density at radius 2 is 1.64 bits per heavy atom. The van der Waals surface area contributed by atoms with E-state index in [9.17, 15) is 27.6 Å². The molecule has 1 atom stereocenters. The maximum absolute atomic E-state index is 13.4. The first-order valence-electron chi connectivity index (χ1n) is 18.5. The van der Waals surface area contributed by atoms with Crippen molar-refractivity contribution in [1.82, 2.24) is 25.7 Å². The van der Waals surface area contributed by atoms with E-state index in [2.05, 4.69) is 37.0 Å². The number of carbonyl (C=O) groups is 4. The van der Waals surface area contributed by atoms with Crippen molar-refractivity contribution in [1.29, 1.82) is 0 Å². The molecule has 5 N–H and O–H groups in total. The second-order valence-corrected chi connectivity index (χ2v) is 14.9. The van der Waals surface area contributed by atoms with E-state index >= 15 is 0 Å². The Labute approximate surface area is 322 Å². The Bertz CT molecular complexity index is 1850. The van der Waals surface area contributed by atoms with Gasteiger partial charge in [0, 0.05) is 44.7 Å². The highest BCUT2D eigenvalue weighted by Gasteiger charge is 2.27. The number of ether oxygens (including phenoxy) is 3. The van der Waals surface area contributed by atoms with Gasteiger partial charge >= 0.3 is 12.1 Å². The van der Waals surface area contributed by atoms with Gasteiger partial charge in [-0.2, -0.15) is 0 Å². The van der Waals surface area contributed by atoms with Crippen molar-refractivity contribution in [2.45, 2.75) is 82.8 Å². The number of sulfonamides is 1. The van der Waals surface area contributed by atoms with Crippen LogP contribution < -0.4 is 30.7 Å². The quantitative estimate of drug-likeness (QED) is 0.0781. The van der Waals surface area contributed by atoms with Crippen LogP contribution in [0, 0.1) is 13.8 Å². The molecular formula is C39H52N6O9S. The number of anilines is 1. The molecule has 0 spiro atoms. The summed E-state index contributed by atoms with van der Waals surface area (Å²) < 4.78 is 45.0. The normalized spacial score (nSPS) is 12.7. The van der Waals surface area contributed by atoms with Crippen LogP contribution in [0.4, 0.5) is 10.6 Å². The monoisotopic (exact) mass is 780 g/mol. The third-order valence-corrected chi connectivity index (χ3v) is 10.5. The van der Waals surface area contributed by atoms with Crippen LogP contribution in [0.3, 0.4) is 0 Å². The van der Waals surface area contributed by atoms with Crippen LogP contribution in [0.1, 0.15) is 66.5 Å². The van der Waals surface area contributed by atoms with Gasteiger partial charge in [-0.25, -0.2) is 27.7 Å². The second-order valence-electron chi connectivity index (χ2n) is 13.2. The third kappa shape index (κ3) is 14.2. The number of aromatic nitrogens is 1. The van der Waals surface area contributed by atoms with Gasteiger partial charge in [0.15, 0.2) is 0 Å². The molecule has 0 saturated heterocycles. The number of pyridine rings is 1. The zero-order chi connectivity index (χ0) is 39.6. The number of hydrogen-bond acceptors (Lipinski definition) is 11. The summed E-state index contributed by atoms with van der Waals surface area (Å²) in [5, 5.41) is 11.2. The Morgan fingerprint density at radius 3 is 2.38 bits per heavy atom. The largest absolute Gasteiger partial charge is 0.494 e. The van der Waals surface area contributed by atoms with Crippen molar-refractivity contribution < 1.29 is 41.8 Å². The minimum atomic E-state index is -4.10. The van der Waals surface area contributed by atoms with Crippen LogP contribution in [-0.2, 0) is 53.3 Å². The van der Waals surface area contributed by atoms with E-state index in [1.165, 1.54) is 12.7 Å². The first-order valence-corrected chi connectivity index (χ1v) is 20.0. The molecule has 4 rings (SSSR count). The van der Waals surface area contributed by atoms with Crippen LogP contribution >= 0.6 is 0 Å². The van der Waals surface area contributed by atoms with Crippen LogP contribution in [0.5, 0.6) is 5.75 Å². The molecule has 15 nitrogen and oxygen atoms in total. The lowest BCUT2D eigenvalue weighted by atomic mass is 10.1. The molecule has 3 aromatic rings. The summed E-state index contributed by atoms with van der Waals surface area (Å²) in [5.41, 5.74) is 3.86. The number of rotatable bonds is 21. The van der Waals surface area contributed by atoms with Crippen molar-refractivity contribution in [2.24, 2.45) is 0 Å². The molecule has 0 bridgehead atoms. The van der Waals surface area contributed by atoms with E-state index in [1.54, 1.807) is 26.0 Å². The Hall–Kier alpha value is -5.22. The van der Waals surface area contributed by atoms with E-state index < -0.39 is 40.6 Å². The lowest BCUT2D eigenvalue weighted by Gasteiger charge is -2.19. The highest BCUT2D eigenvalue weighted by atomic mass is 32.2. The van der Waals surface area contributed by atoms with Crippen molar-refractivity contribution in [3.8, 4) is 5.75 Å². The maximum atomic E-state index is 13.4. The van der Waals surface area contributed by atoms with Gasteiger partial charge in [0.05, 0.1) is 18.6 Å². The van der Waals surface area contributed by atoms with Crippen LogP contribution in [0.2, 0.25) is 0 Å². The smallest absolute Gasteiger partial charge is 0.407 e. The first-order chi connectivity index (χ1) is 26.4. The van der Waals surface area contributed by atoms with Crippen molar-refractivity contribution >= 4 is 39.7 Å². The predicted octanol–water partition coefficient (Wildman–Crippen LogP) is 3.61. The molecule has 298 valence electrons. The predicted molar refractivity (Wildman–Crippen MR) is 206 cm³/mol. The van der Waals surface area contributed by atoms with Gasteiger partial charge in [0.2, 0.25) is 21.8 Å². The highest BCUT2D eigenvalue weighted by Crippen LogP contribution is 2.26. The van der Waals surface area contributed by atoms with E-state index in [1.807, 2.05) is 36.4 Å². The number of nitrogens with zero attached hydrogens (tertiary/aromatic N) is 1. The molecular weight excluding hydrogens is 729 g/mol. The summed E-state index contributed by atoms with van der Waals surface area (Å²) in [5.74, 6) is -0.0113. The van der Waals surface area contributed by atoms with Crippen LogP contribution in [0.15, 0.2) is 59.5 Å². The van der Waals surface area contributed by atoms with E-state index in [0.717, 1.165) is 42.9 Å². The Kier molecular flexibility index (Phi) is 16.7. The third-order valence-electron chi connectivity index (χ3n) is 8.79. The Morgan fingerprint density at radius 1 is 0.909 bits per heavy atom. The summed E-state index contributed by atoms with van der Waals surface area (Å²) >= 11 is 0. The number of esters is 1. The lowest BCUT2D eigenvalue weighted by molar-refractivity contribution is -0.144. The molecule has 0 aliphatic carbocycles. The summed E-state index contributed by atoms with van der Waals surface area (Å²) in [6.45, 7) is 4.58. The summed E-state index contributed by atoms with van der Waals surface area (Å²) in [4.78, 5) is 53.9. The molecule has 0 saturated carbocycles. The average Bonchev–Trinajstić information content (AvgIpc) is 3.17. The molecule has 1 unspecified atom stereocenters. The fourth-order valence-corrected chi connectivity index (χ4v) is 7.53. The topological polar surface area (TPSA) is 203 Å². The summed E-state index contributed by atoms with van der Waals surface area (Å²) in [7, 11) is -2.93. The van der Waals surface area contributed by atoms with Gasteiger partial charge in [-0.05, 0) is 92.8 Å². The van der Waals surface area contributed by atoms with Gasteiger partial charge < -0.3 is 35.5 Å². The van der Waals surface area contributed by atoms with E-state index in [4.69, 9.17) is 14.2 Å². The highest BCUT2D eigenvalue weighted by molar-refractivity contribution is 7.89. The van der Waals surface area contributed by atoms with Gasteiger partial charge in [-0.15, -0.1) is 0 Å². The van der Waals surface area contributed by atoms with E-state index in [-0.39, 0.29) is 49.9 Å². The number of amides is 3. The number of aryl methyl sites for hydroxylation is 4. The average molecular weight is 781 g/mol. The number of methoxy groups -OCH3 is 1. The second kappa shape index (κ2) is 21.6. The van der Waals surface area contributed by atoms with Crippen LogP contribution in [-0.4, -0.2) is 83.2 Å². The molecule has 16 heteroatoms. The van der Waals surface area contributed by atoms with Gasteiger partial charge in [0.1, 0.15) is 24.2 Å². The molecule has 1 aliphatic rings.